The number of ether oxygens (including phenoxy) is 2. The molecule has 3 atom stereocenters. The van der Waals surface area contributed by atoms with Crippen LogP contribution in [0, 0.1) is 0 Å². The van der Waals surface area contributed by atoms with Gasteiger partial charge in [-0.2, -0.15) is 0 Å². The molecule has 4 heterocycles. The second kappa shape index (κ2) is 7.01. The summed E-state index contributed by atoms with van der Waals surface area (Å²) in [6.07, 6.45) is 3.60. The zero-order chi connectivity index (χ0) is 16.4. The molecule has 0 unspecified atom stereocenters. The summed E-state index contributed by atoms with van der Waals surface area (Å²) in [5.74, 6) is 0.0921. The zero-order valence-electron chi connectivity index (χ0n) is 13.3. The molecule has 6 heteroatoms. The fourth-order valence-electron chi connectivity index (χ4n) is 3.51. The first-order chi connectivity index (χ1) is 11.8. The summed E-state index contributed by atoms with van der Waals surface area (Å²) in [6, 6.07) is 9.70. The molecule has 0 N–H and O–H groups in total. The van der Waals surface area contributed by atoms with Gasteiger partial charge in [0.1, 0.15) is 12.2 Å². The maximum absolute atomic E-state index is 12.8. The standard InChI is InChI=1S/C18H20N2O3S/c21-18(16-7-4-10-24-16)20-11-15(17-14(20)6-3-9-22-17)23-12-13-5-1-2-8-19-13/h1-2,4-5,7-8,10,14-15,17H,3,6,9,11-12H2/t14-,15-,17+/m1/s1. The normalized spacial score (nSPS) is 26.3. The van der Waals surface area contributed by atoms with Crippen molar-refractivity contribution in [3.8, 4) is 0 Å². The molecular formula is C18H20N2O3S. The Morgan fingerprint density at radius 2 is 2.33 bits per heavy atom. The van der Waals surface area contributed by atoms with Gasteiger partial charge in [0.05, 0.1) is 29.8 Å². The Bertz CT molecular complexity index is 677. The quantitative estimate of drug-likeness (QED) is 0.856. The molecule has 2 aromatic rings. The fraction of sp³-hybridized carbons (Fsp3) is 0.444. The predicted octanol–water partition coefficient (Wildman–Crippen LogP) is 2.73. The Balaban J connectivity index is 1.48. The lowest BCUT2D eigenvalue weighted by molar-refractivity contribution is -0.0814. The van der Waals surface area contributed by atoms with E-state index in [4.69, 9.17) is 9.47 Å². The summed E-state index contributed by atoms with van der Waals surface area (Å²) in [7, 11) is 0. The van der Waals surface area contributed by atoms with Crippen LogP contribution in [-0.4, -0.2) is 47.2 Å². The summed E-state index contributed by atoms with van der Waals surface area (Å²) >= 11 is 1.49. The molecule has 2 saturated heterocycles. The van der Waals surface area contributed by atoms with Crippen LogP contribution in [0.4, 0.5) is 0 Å². The van der Waals surface area contributed by atoms with Gasteiger partial charge in [0.25, 0.3) is 5.91 Å². The molecule has 4 rings (SSSR count). The van der Waals surface area contributed by atoms with E-state index >= 15 is 0 Å². The van der Waals surface area contributed by atoms with Crippen molar-refractivity contribution in [3.05, 3.63) is 52.5 Å². The van der Waals surface area contributed by atoms with Crippen LogP contribution in [0.5, 0.6) is 0 Å². The van der Waals surface area contributed by atoms with Gasteiger partial charge in [-0.15, -0.1) is 11.3 Å². The lowest BCUT2D eigenvalue weighted by atomic mass is 10.0. The summed E-state index contributed by atoms with van der Waals surface area (Å²) in [5.41, 5.74) is 0.896. The van der Waals surface area contributed by atoms with Crippen LogP contribution in [0.2, 0.25) is 0 Å². The molecule has 2 aliphatic heterocycles. The van der Waals surface area contributed by atoms with Crippen molar-refractivity contribution < 1.29 is 14.3 Å². The number of fused-ring (bicyclic) bond motifs is 1. The highest BCUT2D eigenvalue weighted by molar-refractivity contribution is 7.12. The molecule has 2 aromatic heterocycles. The number of likely N-dealkylation sites (tertiary alicyclic amines) is 1. The van der Waals surface area contributed by atoms with Gasteiger partial charge in [-0.3, -0.25) is 9.78 Å². The summed E-state index contributed by atoms with van der Waals surface area (Å²) < 4.78 is 12.0. The zero-order valence-corrected chi connectivity index (χ0v) is 14.2. The number of pyridine rings is 1. The number of carbonyl (C=O) groups excluding carboxylic acids is 1. The molecule has 2 aliphatic rings. The number of hydrogen-bond acceptors (Lipinski definition) is 5. The smallest absolute Gasteiger partial charge is 0.264 e. The largest absolute Gasteiger partial charge is 0.373 e. The monoisotopic (exact) mass is 344 g/mol. The molecule has 0 aromatic carbocycles. The van der Waals surface area contributed by atoms with Crippen molar-refractivity contribution >= 4 is 17.2 Å². The third kappa shape index (κ3) is 3.09. The summed E-state index contributed by atoms with van der Waals surface area (Å²) in [5, 5.41) is 1.94. The minimum atomic E-state index is -0.0961. The number of thiophene rings is 1. The molecule has 0 aliphatic carbocycles. The molecule has 2 fully saturated rings. The second-order valence-electron chi connectivity index (χ2n) is 6.15. The molecule has 5 nitrogen and oxygen atoms in total. The Labute approximate surface area is 145 Å². The van der Waals surface area contributed by atoms with Crippen LogP contribution in [0.25, 0.3) is 0 Å². The lowest BCUT2D eigenvalue weighted by Crippen LogP contribution is -2.43. The summed E-state index contributed by atoms with van der Waals surface area (Å²) in [4.78, 5) is 19.8. The van der Waals surface area contributed by atoms with Gasteiger partial charge in [0, 0.05) is 12.8 Å². The lowest BCUT2D eigenvalue weighted by Gasteiger charge is -2.32. The van der Waals surface area contributed by atoms with Crippen LogP contribution in [0.3, 0.4) is 0 Å². The van der Waals surface area contributed by atoms with Crippen molar-refractivity contribution in [3.63, 3.8) is 0 Å². The van der Waals surface area contributed by atoms with Crippen molar-refractivity contribution in [1.29, 1.82) is 0 Å². The Morgan fingerprint density at radius 3 is 3.12 bits per heavy atom. The van der Waals surface area contributed by atoms with E-state index in [9.17, 15) is 4.79 Å². The topological polar surface area (TPSA) is 51.7 Å². The van der Waals surface area contributed by atoms with Gasteiger partial charge in [-0.05, 0) is 36.4 Å². The molecular weight excluding hydrogens is 324 g/mol. The van der Waals surface area contributed by atoms with Crippen LogP contribution in [0.15, 0.2) is 41.9 Å². The van der Waals surface area contributed by atoms with Gasteiger partial charge in [0.15, 0.2) is 0 Å². The van der Waals surface area contributed by atoms with Gasteiger partial charge < -0.3 is 14.4 Å². The van der Waals surface area contributed by atoms with E-state index in [1.807, 2.05) is 40.6 Å². The van der Waals surface area contributed by atoms with Crippen molar-refractivity contribution in [2.24, 2.45) is 0 Å². The van der Waals surface area contributed by atoms with E-state index in [-0.39, 0.29) is 24.2 Å². The predicted molar refractivity (Wildman–Crippen MR) is 90.9 cm³/mol. The Kier molecular flexibility index (Phi) is 4.60. The molecule has 1 amide bonds. The Hall–Kier alpha value is -1.76. The van der Waals surface area contributed by atoms with Gasteiger partial charge in [-0.25, -0.2) is 0 Å². The average Bonchev–Trinajstić information content (AvgIpc) is 3.29. The highest BCUT2D eigenvalue weighted by atomic mass is 32.1. The van der Waals surface area contributed by atoms with E-state index < -0.39 is 0 Å². The molecule has 0 bridgehead atoms. The first-order valence-electron chi connectivity index (χ1n) is 8.30. The van der Waals surface area contributed by atoms with E-state index in [2.05, 4.69) is 4.98 Å². The van der Waals surface area contributed by atoms with Crippen LogP contribution in [0.1, 0.15) is 28.2 Å². The number of carbonyl (C=O) groups is 1. The van der Waals surface area contributed by atoms with E-state index in [1.165, 1.54) is 11.3 Å². The van der Waals surface area contributed by atoms with Crippen LogP contribution >= 0.6 is 11.3 Å². The maximum atomic E-state index is 12.8. The van der Waals surface area contributed by atoms with E-state index in [0.29, 0.717) is 13.2 Å². The highest BCUT2D eigenvalue weighted by Crippen LogP contribution is 2.32. The Morgan fingerprint density at radius 1 is 1.38 bits per heavy atom. The molecule has 0 radical (unpaired) electrons. The fourth-order valence-corrected chi connectivity index (χ4v) is 4.19. The number of nitrogens with zero attached hydrogens (tertiary/aromatic N) is 2. The van der Waals surface area contributed by atoms with Gasteiger partial charge in [0.2, 0.25) is 0 Å². The van der Waals surface area contributed by atoms with E-state index in [1.54, 1.807) is 6.20 Å². The molecule has 0 saturated carbocycles. The van der Waals surface area contributed by atoms with Gasteiger partial charge in [-0.1, -0.05) is 12.1 Å². The minimum absolute atomic E-state index is 0.0358. The number of hydrogen-bond donors (Lipinski definition) is 0. The molecule has 24 heavy (non-hydrogen) atoms. The maximum Gasteiger partial charge on any atom is 0.264 e. The first-order valence-corrected chi connectivity index (χ1v) is 9.18. The summed E-state index contributed by atoms with van der Waals surface area (Å²) in [6.45, 7) is 1.77. The van der Waals surface area contributed by atoms with Gasteiger partial charge >= 0.3 is 0 Å². The molecule has 0 spiro atoms. The first kappa shape index (κ1) is 15.7. The van der Waals surface area contributed by atoms with Crippen molar-refractivity contribution in [1.82, 2.24) is 9.88 Å². The number of rotatable bonds is 4. The molecule has 126 valence electrons. The third-order valence-corrected chi connectivity index (χ3v) is 5.50. The van der Waals surface area contributed by atoms with E-state index in [0.717, 1.165) is 30.0 Å². The number of aromatic nitrogens is 1. The van der Waals surface area contributed by atoms with Crippen LogP contribution < -0.4 is 0 Å². The highest BCUT2D eigenvalue weighted by Gasteiger charge is 2.47. The minimum Gasteiger partial charge on any atom is -0.373 e. The van der Waals surface area contributed by atoms with Crippen molar-refractivity contribution in [2.75, 3.05) is 13.2 Å². The third-order valence-electron chi connectivity index (χ3n) is 4.64. The number of amides is 1. The van der Waals surface area contributed by atoms with Crippen molar-refractivity contribution in [2.45, 2.75) is 37.7 Å². The second-order valence-corrected chi connectivity index (χ2v) is 7.10. The SMILES string of the molecule is O=C(c1cccs1)N1C[C@@H](OCc2ccccn2)[C@H]2OCCC[C@H]21. The average molecular weight is 344 g/mol. The van der Waals surface area contributed by atoms with Crippen LogP contribution in [-0.2, 0) is 16.1 Å².